The van der Waals surface area contributed by atoms with E-state index < -0.39 is 29.7 Å². The molecule has 5 fully saturated rings. The number of ether oxygens (including phenoxy) is 1. The predicted molar refractivity (Wildman–Crippen MR) is 196 cm³/mol. The predicted octanol–water partition coefficient (Wildman–Crippen LogP) is 2.15. The number of H-pyrrole nitrogens is 1. The van der Waals surface area contributed by atoms with Gasteiger partial charge in [0.25, 0.3) is 11.8 Å². The number of hydrogen-bond donors (Lipinski definition) is 3. The van der Waals surface area contributed by atoms with Gasteiger partial charge >= 0.3 is 6.09 Å². The fourth-order valence-corrected chi connectivity index (χ4v) is 8.85. The highest BCUT2D eigenvalue weighted by molar-refractivity contribution is 6.23. The maximum atomic E-state index is 13.3. The second-order valence-electron chi connectivity index (χ2n) is 15.8. The van der Waals surface area contributed by atoms with Crippen molar-refractivity contribution in [1.82, 2.24) is 35.1 Å². The van der Waals surface area contributed by atoms with E-state index in [-0.39, 0.29) is 42.9 Å². The smallest absolute Gasteiger partial charge is 0.410 e. The molecule has 1 aromatic carbocycles. The lowest BCUT2D eigenvalue weighted by atomic mass is 9.95. The van der Waals surface area contributed by atoms with Crippen molar-refractivity contribution in [3.8, 4) is 0 Å². The number of piperidine rings is 2. The van der Waals surface area contributed by atoms with Gasteiger partial charge < -0.3 is 24.8 Å². The van der Waals surface area contributed by atoms with Crippen molar-refractivity contribution in [2.45, 2.75) is 82.4 Å². The molecule has 4 atom stereocenters. The average molecular weight is 744 g/mol. The number of likely N-dealkylation sites (tertiary alicyclic amines) is 1. The van der Waals surface area contributed by atoms with Gasteiger partial charge in [-0.2, -0.15) is 5.10 Å². The van der Waals surface area contributed by atoms with Gasteiger partial charge in [-0.3, -0.25) is 44.2 Å². The summed E-state index contributed by atoms with van der Waals surface area (Å²) in [5, 5.41) is 12.6. The number of rotatable bonds is 9. The molecule has 0 radical (unpaired) electrons. The molecule has 16 nitrogen and oxygen atoms in total. The third-order valence-electron chi connectivity index (χ3n) is 12.3. The Morgan fingerprint density at radius 2 is 1.63 bits per heavy atom. The Balaban J connectivity index is 0.742. The first-order valence-electron chi connectivity index (χ1n) is 19.5. The van der Waals surface area contributed by atoms with Gasteiger partial charge in [0.1, 0.15) is 12.1 Å². The molecule has 0 bridgehead atoms. The van der Waals surface area contributed by atoms with Crippen LogP contribution in [0.4, 0.5) is 16.3 Å². The van der Waals surface area contributed by atoms with Crippen LogP contribution in [-0.4, -0.2) is 143 Å². The Bertz CT molecular complexity index is 1810. The van der Waals surface area contributed by atoms with Crippen molar-refractivity contribution >= 4 is 47.1 Å². The van der Waals surface area contributed by atoms with E-state index in [9.17, 15) is 28.8 Å². The molecule has 8 rings (SSSR count). The molecule has 5 aliphatic heterocycles. The second-order valence-corrected chi connectivity index (χ2v) is 15.8. The van der Waals surface area contributed by atoms with Gasteiger partial charge in [0, 0.05) is 88.2 Å². The third-order valence-corrected chi connectivity index (χ3v) is 12.3. The molecule has 1 aromatic heterocycles. The summed E-state index contributed by atoms with van der Waals surface area (Å²) in [6, 6.07) is 6.50. The number of hydrogen-bond acceptors (Lipinski definition) is 11. The van der Waals surface area contributed by atoms with Crippen LogP contribution in [0.15, 0.2) is 24.3 Å². The molecule has 4 saturated heterocycles. The fourth-order valence-electron chi connectivity index (χ4n) is 8.85. The first-order valence-corrected chi connectivity index (χ1v) is 19.5. The van der Waals surface area contributed by atoms with Crippen LogP contribution in [0.5, 0.6) is 0 Å². The summed E-state index contributed by atoms with van der Waals surface area (Å²) >= 11 is 0. The Morgan fingerprint density at radius 1 is 0.870 bits per heavy atom. The van der Waals surface area contributed by atoms with E-state index in [0.29, 0.717) is 29.4 Å². The van der Waals surface area contributed by atoms with E-state index in [0.717, 1.165) is 107 Å². The molecule has 0 spiro atoms. The Hall–Kier alpha value is -4.83. The summed E-state index contributed by atoms with van der Waals surface area (Å²) in [7, 11) is 0. The Labute approximate surface area is 313 Å². The lowest BCUT2D eigenvalue weighted by Gasteiger charge is -2.39. The molecular weight excluding hydrogens is 694 g/mol. The number of imide groups is 2. The quantitative estimate of drug-likeness (QED) is 0.321. The summed E-state index contributed by atoms with van der Waals surface area (Å²) < 4.78 is 5.74. The molecular formula is C38H49N9O7. The van der Waals surface area contributed by atoms with Crippen molar-refractivity contribution in [3.05, 3.63) is 41.1 Å². The zero-order valence-corrected chi connectivity index (χ0v) is 30.8. The van der Waals surface area contributed by atoms with Crippen molar-refractivity contribution in [2.24, 2.45) is 5.92 Å². The van der Waals surface area contributed by atoms with Crippen molar-refractivity contribution in [1.29, 1.82) is 0 Å². The van der Waals surface area contributed by atoms with Crippen molar-refractivity contribution in [3.63, 3.8) is 0 Å². The van der Waals surface area contributed by atoms with Crippen LogP contribution in [0.25, 0.3) is 0 Å². The van der Waals surface area contributed by atoms with Gasteiger partial charge in [-0.25, -0.2) is 4.79 Å². The summed E-state index contributed by atoms with van der Waals surface area (Å²) in [6.07, 6.45) is 5.44. The summed E-state index contributed by atoms with van der Waals surface area (Å²) in [5.74, 6) is -0.794. The number of carbonyl (C=O) groups is 6. The van der Waals surface area contributed by atoms with Gasteiger partial charge in [0.15, 0.2) is 5.82 Å². The van der Waals surface area contributed by atoms with Crippen LogP contribution in [0.3, 0.4) is 0 Å². The van der Waals surface area contributed by atoms with Gasteiger partial charge in [-0.05, 0) is 76.0 Å². The fraction of sp³-hybridized carbons (Fsp3) is 0.605. The normalized spacial score (nSPS) is 26.9. The highest BCUT2D eigenvalue weighted by atomic mass is 16.6. The Morgan fingerprint density at radius 3 is 2.35 bits per heavy atom. The number of carbonyl (C=O) groups excluding carboxylic acids is 6. The molecule has 6 amide bonds. The highest BCUT2D eigenvalue weighted by Crippen LogP contribution is 2.37. The van der Waals surface area contributed by atoms with E-state index >= 15 is 0 Å². The average Bonchev–Trinajstić information content (AvgIpc) is 3.87. The number of piperazine rings is 1. The van der Waals surface area contributed by atoms with Crippen LogP contribution < -0.4 is 15.5 Å². The van der Waals surface area contributed by atoms with Crippen molar-refractivity contribution in [2.75, 3.05) is 69.1 Å². The topological polar surface area (TPSA) is 181 Å². The molecule has 2 aromatic rings. The molecule has 16 heteroatoms. The van der Waals surface area contributed by atoms with E-state index in [1.165, 1.54) is 0 Å². The number of aromatic amines is 1. The summed E-state index contributed by atoms with van der Waals surface area (Å²) in [4.78, 5) is 85.4. The van der Waals surface area contributed by atoms with E-state index in [1.807, 2.05) is 19.1 Å². The minimum atomic E-state index is -0.972. The number of nitrogens with one attached hydrogen (secondary N) is 3. The monoisotopic (exact) mass is 743 g/mol. The molecule has 6 heterocycles. The largest absolute Gasteiger partial charge is 0.446 e. The first kappa shape index (κ1) is 36.2. The summed E-state index contributed by atoms with van der Waals surface area (Å²) in [6.45, 7) is 9.22. The maximum Gasteiger partial charge on any atom is 0.410 e. The number of amides is 6. The molecule has 3 N–H and O–H groups in total. The molecule has 54 heavy (non-hydrogen) atoms. The molecule has 6 aliphatic rings. The lowest BCUT2D eigenvalue weighted by Crippen LogP contribution is -2.54. The van der Waals surface area contributed by atoms with Crippen LogP contribution in [-0.2, 0) is 19.1 Å². The van der Waals surface area contributed by atoms with Gasteiger partial charge in [-0.1, -0.05) is 0 Å². The SMILES string of the molecule is C[C@H]1CCN1C(=O)O[C@@H]1CC[C@H](c2cc(NC(=O)CN3CCN(CC4CCN(c5ccc6c(c5)C(=O)N(C5CCC(=O)NC5=O)C6=O)CC4)CC3)n[nH]2)C1. The lowest BCUT2D eigenvalue weighted by molar-refractivity contribution is -0.136. The number of anilines is 2. The molecule has 1 unspecified atom stereocenters. The van der Waals surface area contributed by atoms with Crippen LogP contribution in [0, 0.1) is 5.92 Å². The van der Waals surface area contributed by atoms with E-state index in [4.69, 9.17) is 4.74 Å². The summed E-state index contributed by atoms with van der Waals surface area (Å²) in [5.41, 5.74) is 2.44. The highest BCUT2D eigenvalue weighted by Gasteiger charge is 2.45. The number of aromatic nitrogens is 2. The minimum Gasteiger partial charge on any atom is -0.446 e. The maximum absolute atomic E-state index is 13.3. The van der Waals surface area contributed by atoms with Crippen LogP contribution >= 0.6 is 0 Å². The van der Waals surface area contributed by atoms with Crippen LogP contribution in [0.1, 0.15) is 90.6 Å². The zero-order valence-electron chi connectivity index (χ0n) is 30.8. The number of nitrogens with zero attached hydrogens (tertiary/aromatic N) is 6. The first-order chi connectivity index (χ1) is 26.1. The third kappa shape index (κ3) is 7.45. The van der Waals surface area contributed by atoms with E-state index in [1.54, 1.807) is 17.0 Å². The van der Waals surface area contributed by atoms with Crippen LogP contribution in [0.2, 0.25) is 0 Å². The molecule has 288 valence electrons. The standard InChI is InChI=1S/C38H49N9O7/c1-23-8-13-46(23)38(53)54-27-4-2-25(18-27)30-20-32(42-41-30)39-34(49)22-44-16-14-43(15-17-44)21-24-9-11-45(12-10-24)26-3-5-28-29(19-26)37(52)47(36(28)51)31-6-7-33(48)40-35(31)50/h3,5,19-20,23-25,27,31H,2,4,6-18,21-22H2,1H3,(H,40,48,50)(H2,39,41,42,49)/t23-,25-,27+,31?/m0/s1. The molecule has 1 aliphatic carbocycles. The zero-order chi connectivity index (χ0) is 37.5. The van der Waals surface area contributed by atoms with Gasteiger partial charge in [0.2, 0.25) is 17.7 Å². The van der Waals surface area contributed by atoms with Gasteiger partial charge in [0.05, 0.1) is 17.7 Å². The van der Waals surface area contributed by atoms with Gasteiger partial charge in [-0.15, -0.1) is 0 Å². The number of benzene rings is 1. The second kappa shape index (κ2) is 15.1. The number of fused-ring (bicyclic) bond motifs is 1. The minimum absolute atomic E-state index is 0.0860. The van der Waals surface area contributed by atoms with Crippen molar-refractivity contribution < 1.29 is 33.5 Å². The Kier molecular flexibility index (Phi) is 10.1. The molecule has 1 saturated carbocycles. The van der Waals surface area contributed by atoms with E-state index in [2.05, 4.69) is 35.5 Å².